The molecule has 2 heterocycles. The summed E-state index contributed by atoms with van der Waals surface area (Å²) in [5, 5.41) is 10.7. The maximum Gasteiger partial charge on any atom is 0.190 e. The van der Waals surface area contributed by atoms with E-state index in [1.807, 2.05) is 13.8 Å². The van der Waals surface area contributed by atoms with E-state index in [4.69, 9.17) is 9.26 Å². The third-order valence-electron chi connectivity index (χ3n) is 4.76. The summed E-state index contributed by atoms with van der Waals surface area (Å²) in [5.74, 6) is 2.80. The van der Waals surface area contributed by atoms with Crippen LogP contribution < -0.4 is 15.4 Å². The Morgan fingerprint density at radius 1 is 1.19 bits per heavy atom. The molecule has 0 saturated carbocycles. The molecule has 0 atom stereocenters. The van der Waals surface area contributed by atoms with E-state index >= 15 is 0 Å². The number of aliphatic imine (C=N–C) groups is 1. The van der Waals surface area contributed by atoms with Crippen molar-refractivity contribution in [3.05, 3.63) is 46.3 Å². The predicted octanol–water partition coefficient (Wildman–Crippen LogP) is 2.57. The molecular formula is C20H28N4O2. The number of guanidine groups is 1. The van der Waals surface area contributed by atoms with Crippen LogP contribution in [0.4, 0.5) is 0 Å². The van der Waals surface area contributed by atoms with E-state index in [1.54, 1.807) is 7.05 Å². The van der Waals surface area contributed by atoms with Crippen LogP contribution in [0.15, 0.2) is 27.7 Å². The molecule has 0 aliphatic carbocycles. The van der Waals surface area contributed by atoms with Crippen LogP contribution in [-0.2, 0) is 19.3 Å². The molecule has 0 bridgehead atoms. The van der Waals surface area contributed by atoms with Gasteiger partial charge in [-0.1, -0.05) is 17.3 Å². The molecule has 2 aromatic rings. The molecule has 3 rings (SSSR count). The summed E-state index contributed by atoms with van der Waals surface area (Å²) < 4.78 is 10.8. The Morgan fingerprint density at radius 2 is 2.04 bits per heavy atom. The summed E-state index contributed by atoms with van der Waals surface area (Å²) in [5.41, 5.74) is 4.86. The minimum atomic E-state index is 0.807. The number of aryl methyl sites for hydroxylation is 2. The molecule has 0 spiro atoms. The topological polar surface area (TPSA) is 71.7 Å². The van der Waals surface area contributed by atoms with Gasteiger partial charge < -0.3 is 19.9 Å². The number of fused-ring (bicyclic) bond motifs is 1. The fourth-order valence-electron chi connectivity index (χ4n) is 3.27. The molecule has 6 nitrogen and oxygen atoms in total. The lowest BCUT2D eigenvalue weighted by molar-refractivity contribution is 0.357. The fourth-order valence-corrected chi connectivity index (χ4v) is 3.27. The monoisotopic (exact) mass is 356 g/mol. The smallest absolute Gasteiger partial charge is 0.190 e. The van der Waals surface area contributed by atoms with Crippen LogP contribution in [0.25, 0.3) is 0 Å². The molecule has 140 valence electrons. The van der Waals surface area contributed by atoms with Gasteiger partial charge in [-0.2, -0.15) is 0 Å². The van der Waals surface area contributed by atoms with E-state index < -0.39 is 0 Å². The van der Waals surface area contributed by atoms with Gasteiger partial charge in [0.1, 0.15) is 11.5 Å². The van der Waals surface area contributed by atoms with Crippen molar-refractivity contribution < 1.29 is 9.26 Å². The van der Waals surface area contributed by atoms with Crippen molar-refractivity contribution in [2.24, 2.45) is 4.99 Å². The first-order chi connectivity index (χ1) is 12.7. The number of nitrogens with zero attached hydrogens (tertiary/aromatic N) is 2. The van der Waals surface area contributed by atoms with Crippen molar-refractivity contribution in [2.75, 3.05) is 26.7 Å². The molecule has 0 fully saturated rings. The van der Waals surface area contributed by atoms with Gasteiger partial charge in [0.15, 0.2) is 5.96 Å². The van der Waals surface area contributed by atoms with E-state index in [2.05, 4.69) is 39.0 Å². The van der Waals surface area contributed by atoms with E-state index in [0.717, 1.165) is 68.5 Å². The van der Waals surface area contributed by atoms with Crippen molar-refractivity contribution in [1.82, 2.24) is 15.8 Å². The van der Waals surface area contributed by atoms with E-state index in [9.17, 15) is 0 Å². The van der Waals surface area contributed by atoms with E-state index in [1.165, 1.54) is 16.7 Å². The second-order valence-electron chi connectivity index (χ2n) is 6.62. The molecular weight excluding hydrogens is 328 g/mol. The van der Waals surface area contributed by atoms with Gasteiger partial charge in [0.05, 0.1) is 12.3 Å². The van der Waals surface area contributed by atoms with Crippen LogP contribution >= 0.6 is 0 Å². The van der Waals surface area contributed by atoms with Crippen LogP contribution in [0.5, 0.6) is 5.75 Å². The number of hydrogen-bond acceptors (Lipinski definition) is 4. The summed E-state index contributed by atoms with van der Waals surface area (Å²) in [6.07, 6.45) is 3.95. The standard InChI is InChI=1S/C20H28N4O2/c1-14-18(15(2)26-24-14)5-4-10-22-20(21-3)23-11-8-16-6-7-19-17(13-16)9-12-25-19/h6-7,13H,4-5,8-12H2,1-3H3,(H2,21,22,23). The third-order valence-corrected chi connectivity index (χ3v) is 4.76. The molecule has 0 unspecified atom stereocenters. The van der Waals surface area contributed by atoms with Crippen LogP contribution in [-0.4, -0.2) is 37.9 Å². The third kappa shape index (κ3) is 4.56. The van der Waals surface area contributed by atoms with Gasteiger partial charge in [-0.3, -0.25) is 4.99 Å². The molecule has 26 heavy (non-hydrogen) atoms. The number of rotatable bonds is 7. The maximum absolute atomic E-state index is 5.56. The molecule has 0 radical (unpaired) electrons. The van der Waals surface area contributed by atoms with Gasteiger partial charge in [-0.25, -0.2) is 0 Å². The van der Waals surface area contributed by atoms with Gasteiger partial charge in [0.25, 0.3) is 0 Å². The Kier molecular flexibility index (Phi) is 6.15. The van der Waals surface area contributed by atoms with Crippen LogP contribution in [0, 0.1) is 13.8 Å². The maximum atomic E-state index is 5.56. The number of hydrogen-bond donors (Lipinski definition) is 2. The van der Waals surface area contributed by atoms with Gasteiger partial charge >= 0.3 is 0 Å². The minimum absolute atomic E-state index is 0.807. The highest BCUT2D eigenvalue weighted by Crippen LogP contribution is 2.25. The van der Waals surface area contributed by atoms with Crippen molar-refractivity contribution in [2.45, 2.75) is 39.5 Å². The summed E-state index contributed by atoms with van der Waals surface area (Å²) in [7, 11) is 1.80. The van der Waals surface area contributed by atoms with E-state index in [0.29, 0.717) is 0 Å². The van der Waals surface area contributed by atoms with Gasteiger partial charge in [0, 0.05) is 32.1 Å². The van der Waals surface area contributed by atoms with Crippen LogP contribution in [0.1, 0.15) is 34.6 Å². The number of nitrogens with one attached hydrogen (secondary N) is 2. The number of aromatic nitrogens is 1. The highest BCUT2D eigenvalue weighted by Gasteiger charge is 2.12. The lowest BCUT2D eigenvalue weighted by Crippen LogP contribution is -2.38. The average molecular weight is 356 g/mol. The number of benzene rings is 1. The highest BCUT2D eigenvalue weighted by atomic mass is 16.5. The highest BCUT2D eigenvalue weighted by molar-refractivity contribution is 5.79. The van der Waals surface area contributed by atoms with Gasteiger partial charge in [-0.05, 0) is 50.3 Å². The quantitative estimate of drug-likeness (QED) is 0.453. The zero-order valence-corrected chi connectivity index (χ0v) is 15.9. The molecule has 1 aliphatic heterocycles. The normalized spacial score (nSPS) is 13.4. The summed E-state index contributed by atoms with van der Waals surface area (Å²) in [6.45, 7) is 6.48. The van der Waals surface area contributed by atoms with Crippen molar-refractivity contribution in [3.8, 4) is 5.75 Å². The predicted molar refractivity (Wildman–Crippen MR) is 103 cm³/mol. The molecule has 1 aromatic heterocycles. The average Bonchev–Trinajstić information content (AvgIpc) is 3.24. The van der Waals surface area contributed by atoms with Crippen LogP contribution in [0.2, 0.25) is 0 Å². The second-order valence-corrected chi connectivity index (χ2v) is 6.62. The Morgan fingerprint density at radius 3 is 2.81 bits per heavy atom. The summed E-state index contributed by atoms with van der Waals surface area (Å²) >= 11 is 0. The molecule has 1 aliphatic rings. The minimum Gasteiger partial charge on any atom is -0.493 e. The van der Waals surface area contributed by atoms with Gasteiger partial charge in [-0.15, -0.1) is 0 Å². The lowest BCUT2D eigenvalue weighted by Gasteiger charge is -2.12. The fraction of sp³-hybridized carbons (Fsp3) is 0.500. The Balaban J connectivity index is 1.37. The molecule has 1 aromatic carbocycles. The Labute approximate surface area is 155 Å². The molecule has 0 amide bonds. The summed E-state index contributed by atoms with van der Waals surface area (Å²) in [4.78, 5) is 4.29. The largest absolute Gasteiger partial charge is 0.493 e. The van der Waals surface area contributed by atoms with Crippen molar-refractivity contribution in [1.29, 1.82) is 0 Å². The van der Waals surface area contributed by atoms with Crippen molar-refractivity contribution >= 4 is 5.96 Å². The lowest BCUT2D eigenvalue weighted by atomic mass is 10.1. The summed E-state index contributed by atoms with van der Waals surface area (Å²) in [6, 6.07) is 6.48. The molecule has 6 heteroatoms. The zero-order valence-electron chi connectivity index (χ0n) is 15.9. The SMILES string of the molecule is CN=C(NCCCc1c(C)noc1C)NCCc1ccc2c(c1)CCO2. The van der Waals surface area contributed by atoms with Crippen LogP contribution in [0.3, 0.4) is 0 Å². The zero-order chi connectivity index (χ0) is 18.4. The Hall–Kier alpha value is -2.50. The first-order valence-electron chi connectivity index (χ1n) is 9.28. The van der Waals surface area contributed by atoms with E-state index in [-0.39, 0.29) is 0 Å². The second kappa shape index (κ2) is 8.74. The molecule has 2 N–H and O–H groups in total. The first-order valence-corrected chi connectivity index (χ1v) is 9.28. The first kappa shape index (κ1) is 18.3. The number of ether oxygens (including phenoxy) is 1. The van der Waals surface area contributed by atoms with Gasteiger partial charge in [0.2, 0.25) is 0 Å². The Bertz CT molecular complexity index is 748. The van der Waals surface area contributed by atoms with Crippen molar-refractivity contribution in [3.63, 3.8) is 0 Å². The molecule has 0 saturated heterocycles.